The Hall–Kier alpha value is -0.870. The first-order valence-electron chi connectivity index (χ1n) is 22.8. The number of hydrogen-bond donors (Lipinski definition) is 5. The van der Waals surface area contributed by atoms with E-state index in [1.54, 1.807) is 0 Å². The van der Waals surface area contributed by atoms with Crippen LogP contribution in [0.5, 0.6) is 0 Å². The monoisotopic (exact) mass is 751 g/mol. The molecule has 3 heterocycles. The second kappa shape index (κ2) is 13.3. The fourth-order valence-corrected chi connectivity index (χ4v) is 15.7. The molecular weight excluding hydrogens is 677 g/mol. The average molecular weight is 751 g/mol. The highest BCUT2D eigenvalue weighted by atomic mass is 16.6. The minimum atomic E-state index is -1.05. The van der Waals surface area contributed by atoms with Gasteiger partial charge in [-0.2, -0.15) is 0 Å². The lowest BCUT2D eigenvalue weighted by molar-refractivity contribution is -0.201. The standard InChI is InChI=1S/C46H74N2O6/c1-27-17-22-53-45(26-27,40-39(54-40)43(5,51)41(2,3)18-13-28-16-21-48-36(47)23-28)35-24-30-11-12-32-37-33(15-19-42(35,4)46(30,37)52)44(29-9-7-6-8-10-29)20-14-31(49)25-34(44)38(32)50/h27-31,33-36,39-40,48-49,51-52H,6-26,47H2,1-5H3. The Kier molecular flexibility index (Phi) is 9.53. The molecule has 0 amide bonds. The molecule has 0 spiro atoms. The molecule has 8 nitrogen and oxygen atoms in total. The van der Waals surface area contributed by atoms with Gasteiger partial charge in [-0.15, -0.1) is 0 Å². The molecule has 6 N–H and O–H groups in total. The molecule has 7 fully saturated rings. The number of piperidine rings is 1. The normalized spacial score (nSPS) is 50.6. The van der Waals surface area contributed by atoms with Crippen molar-refractivity contribution < 1.29 is 29.6 Å². The van der Waals surface area contributed by atoms with E-state index >= 15 is 0 Å². The van der Waals surface area contributed by atoms with Crippen LogP contribution in [0.1, 0.15) is 157 Å². The van der Waals surface area contributed by atoms with Crippen LogP contribution in [0.15, 0.2) is 11.1 Å². The number of nitrogens with two attached hydrogens (primary N) is 1. The first kappa shape index (κ1) is 38.6. The lowest BCUT2D eigenvalue weighted by atomic mass is 9.39. The number of ketones is 1. The Labute approximate surface area is 325 Å². The highest BCUT2D eigenvalue weighted by Gasteiger charge is 2.78. The molecule has 0 aromatic heterocycles. The second-order valence-corrected chi connectivity index (χ2v) is 21.9. The summed E-state index contributed by atoms with van der Waals surface area (Å²) in [6.07, 6.45) is 17.8. The van der Waals surface area contributed by atoms with E-state index in [4.69, 9.17) is 15.2 Å². The van der Waals surface area contributed by atoms with E-state index in [1.165, 1.54) is 32.1 Å². The van der Waals surface area contributed by atoms with Gasteiger partial charge in [0.25, 0.3) is 0 Å². The van der Waals surface area contributed by atoms with Crippen LogP contribution in [-0.4, -0.2) is 75.5 Å². The van der Waals surface area contributed by atoms with Crippen molar-refractivity contribution in [1.29, 1.82) is 0 Å². The van der Waals surface area contributed by atoms with Crippen LogP contribution >= 0.6 is 0 Å². The number of ether oxygens (including phenoxy) is 2. The summed E-state index contributed by atoms with van der Waals surface area (Å²) in [7, 11) is 0. The molecular formula is C46H74N2O6. The maximum Gasteiger partial charge on any atom is 0.162 e. The first-order valence-corrected chi connectivity index (χ1v) is 22.8. The van der Waals surface area contributed by atoms with E-state index in [-0.39, 0.29) is 58.7 Å². The maximum atomic E-state index is 15.0. The van der Waals surface area contributed by atoms with Crippen LogP contribution < -0.4 is 11.1 Å². The quantitative estimate of drug-likeness (QED) is 0.168. The number of aliphatic hydroxyl groups is 3. The molecule has 0 aromatic carbocycles. The van der Waals surface area contributed by atoms with Crippen LogP contribution in [0.25, 0.3) is 0 Å². The van der Waals surface area contributed by atoms with E-state index in [1.807, 2.05) is 6.92 Å². The number of carbonyl (C=O) groups excluding carboxylic acids is 1. The van der Waals surface area contributed by atoms with E-state index < -0.39 is 28.3 Å². The van der Waals surface area contributed by atoms with Gasteiger partial charge in [0, 0.05) is 17.9 Å². The molecule has 3 aliphatic heterocycles. The largest absolute Gasteiger partial charge is 0.393 e. The molecule has 0 aromatic rings. The molecule has 3 saturated heterocycles. The van der Waals surface area contributed by atoms with Gasteiger partial charge in [-0.05, 0) is 174 Å². The van der Waals surface area contributed by atoms with Crippen molar-refractivity contribution in [2.45, 2.75) is 198 Å². The number of rotatable bonds is 8. The summed E-state index contributed by atoms with van der Waals surface area (Å²) in [5, 5.41) is 40.8. The van der Waals surface area contributed by atoms with Gasteiger partial charge >= 0.3 is 0 Å². The molecule has 0 radical (unpaired) electrons. The number of fused-ring (bicyclic) bond motifs is 2. The third kappa shape index (κ3) is 5.41. The first-order chi connectivity index (χ1) is 25.6. The van der Waals surface area contributed by atoms with Crippen molar-refractivity contribution in [3.8, 4) is 0 Å². The number of epoxide rings is 1. The summed E-state index contributed by atoms with van der Waals surface area (Å²) >= 11 is 0. The Morgan fingerprint density at radius 1 is 0.944 bits per heavy atom. The summed E-state index contributed by atoms with van der Waals surface area (Å²) in [6.45, 7) is 12.8. The SMILES string of the molecule is CC1CCOC(C2OC2C(C)(O)C(C)(C)CCC2CCNC(N)C2)(C2CC3CCC4=C5C(CCC2(C)C53O)C2(C3CCCCC3)CCC(O)CC2C4=O)C1. The highest BCUT2D eigenvalue weighted by molar-refractivity contribution is 6.00. The number of Topliss-reactive ketones (excluding diaryl/α,β-unsaturated/α-hetero) is 1. The zero-order valence-electron chi connectivity index (χ0n) is 34.3. The van der Waals surface area contributed by atoms with Crippen molar-refractivity contribution in [1.82, 2.24) is 5.32 Å². The lowest BCUT2D eigenvalue weighted by Gasteiger charge is -2.66. The van der Waals surface area contributed by atoms with E-state index in [2.05, 4.69) is 33.0 Å². The molecule has 0 bridgehead atoms. The van der Waals surface area contributed by atoms with Gasteiger partial charge in [0.15, 0.2) is 5.78 Å². The van der Waals surface area contributed by atoms with Crippen molar-refractivity contribution >= 4 is 5.78 Å². The molecule has 15 unspecified atom stereocenters. The van der Waals surface area contributed by atoms with Gasteiger partial charge in [0.1, 0.15) is 17.8 Å². The molecule has 304 valence electrons. The van der Waals surface area contributed by atoms with Crippen LogP contribution in [0.3, 0.4) is 0 Å². The second-order valence-electron chi connectivity index (χ2n) is 21.9. The zero-order valence-corrected chi connectivity index (χ0v) is 34.3. The molecule has 8 heteroatoms. The molecule has 54 heavy (non-hydrogen) atoms. The van der Waals surface area contributed by atoms with Crippen LogP contribution in [0.2, 0.25) is 0 Å². The third-order valence-corrected chi connectivity index (χ3v) is 19.1. The summed E-state index contributed by atoms with van der Waals surface area (Å²) < 4.78 is 14.0. The van der Waals surface area contributed by atoms with Crippen molar-refractivity contribution in [2.24, 2.45) is 63.4 Å². The van der Waals surface area contributed by atoms with Crippen molar-refractivity contribution in [2.75, 3.05) is 13.2 Å². The lowest BCUT2D eigenvalue weighted by Crippen LogP contribution is -2.67. The number of hydrogen-bond acceptors (Lipinski definition) is 8. The summed E-state index contributed by atoms with van der Waals surface area (Å²) in [5.74, 6) is 2.04. The van der Waals surface area contributed by atoms with E-state index in [9.17, 15) is 20.1 Å². The summed E-state index contributed by atoms with van der Waals surface area (Å²) in [5.41, 5.74) is 4.68. The average Bonchev–Trinajstić information content (AvgIpc) is 3.93. The summed E-state index contributed by atoms with van der Waals surface area (Å²) in [4.78, 5) is 15.0. The number of aliphatic hydroxyl groups excluding tert-OH is 1. The number of nitrogens with one attached hydrogen (secondary N) is 1. The van der Waals surface area contributed by atoms with Gasteiger partial charge in [0.05, 0.1) is 23.5 Å². The van der Waals surface area contributed by atoms with Crippen LogP contribution in [0, 0.1) is 57.7 Å². The van der Waals surface area contributed by atoms with Crippen LogP contribution in [-0.2, 0) is 14.3 Å². The van der Waals surface area contributed by atoms with Gasteiger partial charge < -0.3 is 35.8 Å². The van der Waals surface area contributed by atoms with Gasteiger partial charge in [-0.1, -0.05) is 47.0 Å². The van der Waals surface area contributed by atoms with E-state index in [0.29, 0.717) is 30.8 Å². The van der Waals surface area contributed by atoms with Gasteiger partial charge in [-0.3, -0.25) is 4.79 Å². The topological polar surface area (TPSA) is 138 Å². The minimum absolute atomic E-state index is 0.0588. The number of allylic oxidation sites excluding steroid dienone is 1. The molecule has 9 rings (SSSR count). The molecule has 15 atom stereocenters. The third-order valence-electron chi connectivity index (χ3n) is 19.1. The van der Waals surface area contributed by atoms with Crippen LogP contribution in [0.4, 0.5) is 0 Å². The Bertz CT molecular complexity index is 1510. The Morgan fingerprint density at radius 2 is 1.72 bits per heavy atom. The fraction of sp³-hybridized carbons (Fsp3) is 0.935. The zero-order chi connectivity index (χ0) is 38.1. The Morgan fingerprint density at radius 3 is 2.46 bits per heavy atom. The predicted molar refractivity (Wildman–Crippen MR) is 209 cm³/mol. The maximum absolute atomic E-state index is 15.0. The molecule has 9 aliphatic rings. The smallest absolute Gasteiger partial charge is 0.162 e. The summed E-state index contributed by atoms with van der Waals surface area (Å²) in [6, 6.07) is 0. The van der Waals surface area contributed by atoms with Crippen molar-refractivity contribution in [3.05, 3.63) is 11.1 Å². The fourth-order valence-electron chi connectivity index (χ4n) is 15.7. The Balaban J connectivity index is 1.06. The highest BCUT2D eigenvalue weighted by Crippen LogP contribution is 2.76. The predicted octanol–water partition coefficient (Wildman–Crippen LogP) is 6.97. The molecule has 6 aliphatic carbocycles. The number of carbonyl (C=O) groups is 1. The van der Waals surface area contributed by atoms with Gasteiger partial charge in [0.2, 0.25) is 0 Å². The minimum Gasteiger partial charge on any atom is -0.393 e. The van der Waals surface area contributed by atoms with E-state index in [0.717, 1.165) is 101 Å². The molecule has 4 saturated carbocycles. The van der Waals surface area contributed by atoms with Crippen molar-refractivity contribution in [3.63, 3.8) is 0 Å². The van der Waals surface area contributed by atoms with Gasteiger partial charge in [-0.25, -0.2) is 0 Å².